The molecule has 2 rings (SSSR count). The van der Waals surface area contributed by atoms with Gasteiger partial charge in [0, 0.05) is 12.1 Å². The van der Waals surface area contributed by atoms with Crippen molar-refractivity contribution in [3.05, 3.63) is 63.7 Å². The van der Waals surface area contributed by atoms with E-state index in [1.807, 2.05) is 0 Å². The van der Waals surface area contributed by atoms with Gasteiger partial charge in [-0.1, -0.05) is 6.07 Å². The zero-order chi connectivity index (χ0) is 18.4. The van der Waals surface area contributed by atoms with Crippen LogP contribution in [0.4, 0.5) is 11.4 Å². The first-order chi connectivity index (χ1) is 11.9. The summed E-state index contributed by atoms with van der Waals surface area (Å²) in [4.78, 5) is 34.0. The Kier molecular flexibility index (Phi) is 5.67. The van der Waals surface area contributed by atoms with Gasteiger partial charge in [-0.25, -0.2) is 4.79 Å². The fourth-order valence-electron chi connectivity index (χ4n) is 1.99. The SMILES string of the molecule is COc1ccc(C(=O)OCC(=O)Nc2cc([N+](=O)[O-])ccc2C)cc1. The summed E-state index contributed by atoms with van der Waals surface area (Å²) in [5.74, 6) is -0.658. The minimum Gasteiger partial charge on any atom is -0.497 e. The van der Waals surface area contributed by atoms with E-state index in [0.29, 0.717) is 17.0 Å². The van der Waals surface area contributed by atoms with E-state index in [1.54, 1.807) is 19.1 Å². The topological polar surface area (TPSA) is 108 Å². The lowest BCUT2D eigenvalue weighted by atomic mass is 10.2. The highest BCUT2D eigenvalue weighted by molar-refractivity contribution is 5.96. The highest BCUT2D eigenvalue weighted by atomic mass is 16.6. The van der Waals surface area contributed by atoms with Crippen LogP contribution in [0.3, 0.4) is 0 Å². The summed E-state index contributed by atoms with van der Waals surface area (Å²) >= 11 is 0. The molecule has 0 atom stereocenters. The maximum atomic E-state index is 11.9. The third-order valence-corrected chi connectivity index (χ3v) is 3.37. The van der Waals surface area contributed by atoms with E-state index in [0.717, 1.165) is 0 Å². The van der Waals surface area contributed by atoms with Gasteiger partial charge in [0.15, 0.2) is 6.61 Å². The van der Waals surface area contributed by atoms with E-state index in [4.69, 9.17) is 9.47 Å². The summed E-state index contributed by atoms with van der Waals surface area (Å²) in [5, 5.41) is 13.3. The number of nitrogens with one attached hydrogen (secondary N) is 1. The zero-order valence-electron chi connectivity index (χ0n) is 13.6. The monoisotopic (exact) mass is 344 g/mol. The van der Waals surface area contributed by atoms with Crippen LogP contribution >= 0.6 is 0 Å². The molecule has 0 saturated heterocycles. The summed E-state index contributed by atoms with van der Waals surface area (Å²) < 4.78 is 9.91. The van der Waals surface area contributed by atoms with Crippen LogP contribution in [0.5, 0.6) is 5.75 Å². The number of carbonyl (C=O) groups is 2. The van der Waals surface area contributed by atoms with Crippen molar-refractivity contribution in [2.75, 3.05) is 19.0 Å². The minimum atomic E-state index is -0.659. The molecule has 0 aromatic heterocycles. The van der Waals surface area contributed by atoms with Gasteiger partial charge in [0.2, 0.25) is 0 Å². The molecule has 0 radical (unpaired) electrons. The van der Waals surface area contributed by atoms with Crippen LogP contribution in [-0.4, -0.2) is 30.5 Å². The van der Waals surface area contributed by atoms with Crippen LogP contribution in [0.1, 0.15) is 15.9 Å². The van der Waals surface area contributed by atoms with Crippen LogP contribution in [-0.2, 0) is 9.53 Å². The first-order valence-electron chi connectivity index (χ1n) is 7.27. The summed E-state index contributed by atoms with van der Waals surface area (Å²) in [5.41, 5.74) is 1.08. The molecule has 1 amide bonds. The van der Waals surface area contributed by atoms with Crippen molar-refractivity contribution >= 4 is 23.3 Å². The number of anilines is 1. The Hall–Kier alpha value is -3.42. The van der Waals surface area contributed by atoms with Crippen molar-refractivity contribution in [3.8, 4) is 5.75 Å². The normalized spacial score (nSPS) is 10.0. The fraction of sp³-hybridized carbons (Fsp3) is 0.176. The molecule has 1 N–H and O–H groups in total. The molecule has 0 aliphatic carbocycles. The number of amides is 1. The van der Waals surface area contributed by atoms with Crippen molar-refractivity contribution in [2.24, 2.45) is 0 Å². The quantitative estimate of drug-likeness (QED) is 0.490. The lowest BCUT2D eigenvalue weighted by Crippen LogP contribution is -2.21. The molecule has 0 unspecified atom stereocenters. The molecule has 130 valence electrons. The zero-order valence-corrected chi connectivity index (χ0v) is 13.6. The van der Waals surface area contributed by atoms with Gasteiger partial charge in [0.05, 0.1) is 23.3 Å². The second-order valence-corrected chi connectivity index (χ2v) is 5.11. The molecule has 8 nitrogen and oxygen atoms in total. The first-order valence-corrected chi connectivity index (χ1v) is 7.27. The number of esters is 1. The van der Waals surface area contributed by atoms with Gasteiger partial charge in [0.1, 0.15) is 5.75 Å². The maximum absolute atomic E-state index is 11.9. The Bertz CT molecular complexity index is 801. The van der Waals surface area contributed by atoms with E-state index in [9.17, 15) is 19.7 Å². The van der Waals surface area contributed by atoms with Gasteiger partial charge >= 0.3 is 5.97 Å². The molecule has 0 saturated carbocycles. The van der Waals surface area contributed by atoms with Gasteiger partial charge < -0.3 is 14.8 Å². The number of benzene rings is 2. The van der Waals surface area contributed by atoms with Crippen LogP contribution in [0.2, 0.25) is 0 Å². The smallest absolute Gasteiger partial charge is 0.338 e. The Morgan fingerprint density at radius 3 is 2.44 bits per heavy atom. The lowest BCUT2D eigenvalue weighted by Gasteiger charge is -2.09. The van der Waals surface area contributed by atoms with Crippen molar-refractivity contribution in [1.29, 1.82) is 0 Å². The summed E-state index contributed by atoms with van der Waals surface area (Å²) in [6.45, 7) is 1.19. The molecular formula is C17H16N2O6. The van der Waals surface area contributed by atoms with Gasteiger partial charge in [0.25, 0.3) is 11.6 Å². The second-order valence-electron chi connectivity index (χ2n) is 5.11. The van der Waals surface area contributed by atoms with Crippen LogP contribution in [0.25, 0.3) is 0 Å². The summed E-state index contributed by atoms with van der Waals surface area (Å²) in [7, 11) is 1.51. The molecule has 2 aromatic carbocycles. The number of nitro benzene ring substituents is 1. The van der Waals surface area contributed by atoms with Gasteiger partial charge in [-0.2, -0.15) is 0 Å². The molecule has 2 aromatic rings. The van der Waals surface area contributed by atoms with Crippen molar-refractivity contribution in [1.82, 2.24) is 0 Å². The summed E-state index contributed by atoms with van der Waals surface area (Å²) in [6.07, 6.45) is 0. The highest BCUT2D eigenvalue weighted by Crippen LogP contribution is 2.21. The predicted octanol–water partition coefficient (Wildman–Crippen LogP) is 2.71. The number of nitro groups is 1. The van der Waals surface area contributed by atoms with Crippen LogP contribution in [0.15, 0.2) is 42.5 Å². The highest BCUT2D eigenvalue weighted by Gasteiger charge is 2.13. The average Bonchev–Trinajstić information content (AvgIpc) is 2.61. The molecule has 8 heteroatoms. The van der Waals surface area contributed by atoms with E-state index in [1.165, 1.54) is 37.4 Å². The van der Waals surface area contributed by atoms with Crippen LogP contribution < -0.4 is 10.1 Å². The lowest BCUT2D eigenvalue weighted by molar-refractivity contribution is -0.384. The molecule has 0 bridgehead atoms. The molecule has 0 spiro atoms. The third-order valence-electron chi connectivity index (χ3n) is 3.37. The minimum absolute atomic E-state index is 0.142. The first kappa shape index (κ1) is 17.9. The average molecular weight is 344 g/mol. The number of aryl methyl sites for hydroxylation is 1. The Balaban J connectivity index is 1.95. The standard InChI is InChI=1S/C17H16N2O6/c1-11-3-6-13(19(22)23)9-15(11)18-16(20)10-25-17(21)12-4-7-14(24-2)8-5-12/h3-9H,10H2,1-2H3,(H,18,20). The van der Waals surface area contributed by atoms with E-state index >= 15 is 0 Å². The van der Waals surface area contributed by atoms with E-state index in [2.05, 4.69) is 5.32 Å². The number of carbonyl (C=O) groups excluding carboxylic acids is 2. The van der Waals surface area contributed by atoms with Gasteiger partial charge in [-0.05, 0) is 36.8 Å². The van der Waals surface area contributed by atoms with E-state index < -0.39 is 23.4 Å². The second kappa shape index (κ2) is 7.91. The van der Waals surface area contributed by atoms with Crippen molar-refractivity contribution in [3.63, 3.8) is 0 Å². The number of rotatable bonds is 6. The Labute approximate surface area is 143 Å². The molecule has 25 heavy (non-hydrogen) atoms. The molecule has 0 heterocycles. The number of nitrogens with zero attached hydrogens (tertiary/aromatic N) is 1. The van der Waals surface area contributed by atoms with Crippen molar-refractivity contribution < 1.29 is 24.0 Å². The van der Waals surface area contributed by atoms with Gasteiger partial charge in [-0.15, -0.1) is 0 Å². The largest absolute Gasteiger partial charge is 0.497 e. The number of ether oxygens (including phenoxy) is 2. The third kappa shape index (κ3) is 4.77. The number of methoxy groups -OCH3 is 1. The summed E-state index contributed by atoms with van der Waals surface area (Å²) in [6, 6.07) is 10.4. The number of non-ortho nitro benzene ring substituents is 1. The predicted molar refractivity (Wildman–Crippen MR) is 89.7 cm³/mol. The Morgan fingerprint density at radius 2 is 1.84 bits per heavy atom. The maximum Gasteiger partial charge on any atom is 0.338 e. The van der Waals surface area contributed by atoms with Crippen molar-refractivity contribution in [2.45, 2.75) is 6.92 Å². The van der Waals surface area contributed by atoms with Gasteiger partial charge in [-0.3, -0.25) is 14.9 Å². The van der Waals surface area contributed by atoms with E-state index in [-0.39, 0.29) is 11.3 Å². The Morgan fingerprint density at radius 1 is 1.16 bits per heavy atom. The number of hydrogen-bond donors (Lipinski definition) is 1. The molecule has 0 aliphatic rings. The number of hydrogen-bond acceptors (Lipinski definition) is 6. The molecular weight excluding hydrogens is 328 g/mol. The van der Waals surface area contributed by atoms with Crippen LogP contribution in [0, 0.1) is 17.0 Å². The fourth-order valence-corrected chi connectivity index (χ4v) is 1.99. The molecule has 0 aliphatic heterocycles. The molecule has 0 fully saturated rings.